The summed E-state index contributed by atoms with van der Waals surface area (Å²) in [5.74, 6) is -0.192. The zero-order chi connectivity index (χ0) is 10.4. The van der Waals surface area contributed by atoms with Crippen LogP contribution in [-0.2, 0) is 16.1 Å². The first kappa shape index (κ1) is 10.5. The van der Waals surface area contributed by atoms with Crippen LogP contribution in [0.5, 0.6) is 0 Å². The minimum Gasteiger partial charge on any atom is -0.466 e. The summed E-state index contributed by atoms with van der Waals surface area (Å²) in [6.07, 6.45) is 5.62. The van der Waals surface area contributed by atoms with E-state index in [1.807, 2.05) is 6.20 Å². The largest absolute Gasteiger partial charge is 0.466 e. The Balaban J connectivity index is 2.37. The molecule has 14 heavy (non-hydrogen) atoms. The minimum absolute atomic E-state index is 0.192. The van der Waals surface area contributed by atoms with E-state index in [0.29, 0.717) is 19.6 Å². The van der Waals surface area contributed by atoms with Crippen molar-refractivity contribution in [1.82, 2.24) is 9.78 Å². The van der Waals surface area contributed by atoms with Crippen LogP contribution in [0.4, 0.5) is 0 Å². The van der Waals surface area contributed by atoms with Crippen molar-refractivity contribution in [1.29, 1.82) is 0 Å². The highest BCUT2D eigenvalue weighted by Crippen LogP contribution is 2.00. The van der Waals surface area contributed by atoms with Gasteiger partial charge >= 0.3 is 5.97 Å². The maximum absolute atomic E-state index is 11.0. The van der Waals surface area contributed by atoms with Crippen molar-refractivity contribution in [3.63, 3.8) is 0 Å². The minimum atomic E-state index is -0.192. The fourth-order valence-corrected chi connectivity index (χ4v) is 1.05. The van der Waals surface area contributed by atoms with Gasteiger partial charge in [0.05, 0.1) is 25.8 Å². The predicted molar refractivity (Wildman–Crippen MR) is 53.6 cm³/mol. The molecule has 0 spiro atoms. The molecule has 0 aliphatic carbocycles. The topological polar surface area (TPSA) is 44.1 Å². The molecule has 0 radical (unpaired) electrons. The number of nitrogens with zero attached hydrogens (tertiary/aromatic N) is 2. The zero-order valence-electron chi connectivity index (χ0n) is 8.27. The van der Waals surface area contributed by atoms with Crippen LogP contribution in [0.3, 0.4) is 0 Å². The third-order valence-corrected chi connectivity index (χ3v) is 1.74. The van der Waals surface area contributed by atoms with Gasteiger partial charge in [-0.3, -0.25) is 9.48 Å². The van der Waals surface area contributed by atoms with E-state index < -0.39 is 0 Å². The van der Waals surface area contributed by atoms with Crippen LogP contribution in [0.2, 0.25) is 0 Å². The van der Waals surface area contributed by atoms with Gasteiger partial charge in [0.15, 0.2) is 0 Å². The lowest BCUT2D eigenvalue weighted by atomic mass is 10.4. The highest BCUT2D eigenvalue weighted by Gasteiger charge is 2.02. The van der Waals surface area contributed by atoms with Crippen molar-refractivity contribution in [2.75, 3.05) is 6.61 Å². The van der Waals surface area contributed by atoms with Gasteiger partial charge in [0.2, 0.25) is 0 Å². The van der Waals surface area contributed by atoms with Crippen LogP contribution in [0.25, 0.3) is 6.08 Å². The number of esters is 1. The fourth-order valence-electron chi connectivity index (χ4n) is 1.05. The van der Waals surface area contributed by atoms with E-state index in [2.05, 4.69) is 11.7 Å². The normalized spacial score (nSPS) is 9.79. The number of hydrogen-bond acceptors (Lipinski definition) is 3. The van der Waals surface area contributed by atoms with E-state index in [1.54, 1.807) is 23.9 Å². The monoisotopic (exact) mass is 194 g/mol. The van der Waals surface area contributed by atoms with E-state index in [0.717, 1.165) is 5.56 Å². The van der Waals surface area contributed by atoms with Crippen molar-refractivity contribution < 1.29 is 9.53 Å². The quantitative estimate of drug-likeness (QED) is 0.667. The first-order valence-corrected chi connectivity index (χ1v) is 4.56. The molecule has 1 aromatic heterocycles. The number of aromatic nitrogens is 2. The summed E-state index contributed by atoms with van der Waals surface area (Å²) in [6.45, 7) is 6.39. The second-order valence-corrected chi connectivity index (χ2v) is 2.80. The Labute approximate surface area is 83.2 Å². The van der Waals surface area contributed by atoms with Gasteiger partial charge in [-0.1, -0.05) is 12.7 Å². The molecule has 0 aromatic carbocycles. The molecule has 0 fully saturated rings. The van der Waals surface area contributed by atoms with Crippen LogP contribution in [0.1, 0.15) is 18.9 Å². The lowest BCUT2D eigenvalue weighted by molar-refractivity contribution is -0.143. The van der Waals surface area contributed by atoms with E-state index >= 15 is 0 Å². The third-order valence-electron chi connectivity index (χ3n) is 1.74. The maximum Gasteiger partial charge on any atom is 0.307 e. The van der Waals surface area contributed by atoms with Crippen LogP contribution >= 0.6 is 0 Å². The first-order chi connectivity index (χ1) is 6.76. The Morgan fingerprint density at radius 1 is 1.79 bits per heavy atom. The molecule has 1 aromatic rings. The van der Waals surface area contributed by atoms with Gasteiger partial charge in [-0.2, -0.15) is 5.10 Å². The summed E-state index contributed by atoms with van der Waals surface area (Å²) in [5.41, 5.74) is 0.953. The number of carbonyl (C=O) groups is 1. The Hall–Kier alpha value is -1.58. The van der Waals surface area contributed by atoms with Crippen LogP contribution in [0, 0.1) is 0 Å². The summed E-state index contributed by atoms with van der Waals surface area (Å²) in [4.78, 5) is 11.0. The molecule has 0 aliphatic heterocycles. The molecular formula is C10H14N2O2. The summed E-state index contributed by atoms with van der Waals surface area (Å²) in [5, 5.41) is 4.06. The SMILES string of the molecule is C=Cc1cnn(CCC(=O)OCC)c1. The number of aryl methyl sites for hydroxylation is 1. The lowest BCUT2D eigenvalue weighted by Crippen LogP contribution is -2.09. The Bertz CT molecular complexity index is 318. The van der Waals surface area contributed by atoms with E-state index in [4.69, 9.17) is 4.74 Å². The summed E-state index contributed by atoms with van der Waals surface area (Å²) in [6, 6.07) is 0. The number of carbonyl (C=O) groups excluding carboxylic acids is 1. The lowest BCUT2D eigenvalue weighted by Gasteiger charge is -2.01. The van der Waals surface area contributed by atoms with Crippen molar-refractivity contribution in [3.8, 4) is 0 Å². The van der Waals surface area contributed by atoms with Crippen molar-refractivity contribution in [2.24, 2.45) is 0 Å². The average molecular weight is 194 g/mol. The molecule has 0 saturated carbocycles. The van der Waals surface area contributed by atoms with Crippen molar-refractivity contribution in [3.05, 3.63) is 24.5 Å². The smallest absolute Gasteiger partial charge is 0.307 e. The number of rotatable bonds is 5. The molecule has 4 nitrogen and oxygen atoms in total. The molecule has 1 rings (SSSR count). The Morgan fingerprint density at radius 3 is 3.14 bits per heavy atom. The van der Waals surface area contributed by atoms with Gasteiger partial charge in [-0.05, 0) is 6.92 Å². The molecule has 0 N–H and O–H groups in total. The molecule has 0 unspecified atom stereocenters. The third kappa shape index (κ3) is 3.05. The molecule has 0 atom stereocenters. The average Bonchev–Trinajstić information content (AvgIpc) is 2.63. The molecule has 0 amide bonds. The molecule has 0 aliphatic rings. The second-order valence-electron chi connectivity index (χ2n) is 2.80. The Kier molecular flexibility index (Phi) is 3.91. The molecule has 1 heterocycles. The van der Waals surface area contributed by atoms with E-state index in [1.165, 1.54) is 0 Å². The van der Waals surface area contributed by atoms with Gasteiger partial charge in [0.1, 0.15) is 0 Å². The summed E-state index contributed by atoms with van der Waals surface area (Å²) < 4.78 is 6.50. The number of ether oxygens (including phenoxy) is 1. The maximum atomic E-state index is 11.0. The van der Waals surface area contributed by atoms with E-state index in [9.17, 15) is 4.79 Å². The summed E-state index contributed by atoms with van der Waals surface area (Å²) in [7, 11) is 0. The van der Waals surface area contributed by atoms with Gasteiger partial charge in [0.25, 0.3) is 0 Å². The molecular weight excluding hydrogens is 180 g/mol. The molecule has 0 saturated heterocycles. The predicted octanol–water partition coefficient (Wildman–Crippen LogP) is 1.48. The highest BCUT2D eigenvalue weighted by atomic mass is 16.5. The van der Waals surface area contributed by atoms with Crippen LogP contribution in [-0.4, -0.2) is 22.4 Å². The zero-order valence-corrected chi connectivity index (χ0v) is 8.27. The van der Waals surface area contributed by atoms with Gasteiger partial charge in [-0.15, -0.1) is 0 Å². The summed E-state index contributed by atoms with van der Waals surface area (Å²) >= 11 is 0. The number of hydrogen-bond donors (Lipinski definition) is 0. The van der Waals surface area contributed by atoms with Gasteiger partial charge in [-0.25, -0.2) is 0 Å². The fraction of sp³-hybridized carbons (Fsp3) is 0.400. The molecule has 76 valence electrons. The molecule has 0 bridgehead atoms. The van der Waals surface area contributed by atoms with Crippen LogP contribution < -0.4 is 0 Å². The van der Waals surface area contributed by atoms with E-state index in [-0.39, 0.29) is 5.97 Å². The standard InChI is InChI=1S/C10H14N2O2/c1-3-9-7-11-12(8-9)6-5-10(13)14-4-2/h3,7-8H,1,4-6H2,2H3. The first-order valence-electron chi connectivity index (χ1n) is 4.56. The van der Waals surface area contributed by atoms with Crippen molar-refractivity contribution in [2.45, 2.75) is 19.9 Å². The van der Waals surface area contributed by atoms with Gasteiger partial charge < -0.3 is 4.74 Å². The molecule has 4 heteroatoms. The van der Waals surface area contributed by atoms with Crippen LogP contribution in [0.15, 0.2) is 19.0 Å². The highest BCUT2D eigenvalue weighted by molar-refractivity contribution is 5.69. The second kappa shape index (κ2) is 5.21. The Morgan fingerprint density at radius 2 is 2.57 bits per heavy atom. The van der Waals surface area contributed by atoms with Gasteiger partial charge in [0, 0.05) is 11.8 Å². The van der Waals surface area contributed by atoms with Crippen molar-refractivity contribution >= 4 is 12.0 Å².